The molecule has 1 aliphatic heterocycles. The number of hydrogen-bond acceptors (Lipinski definition) is 5. The van der Waals surface area contributed by atoms with Crippen LogP contribution in [0.15, 0.2) is 59.6 Å². The predicted molar refractivity (Wildman–Crippen MR) is 162 cm³/mol. The van der Waals surface area contributed by atoms with E-state index in [9.17, 15) is 13.6 Å². The largest absolute Gasteiger partial charge is 0.398 e. The van der Waals surface area contributed by atoms with Gasteiger partial charge in [0.15, 0.2) is 0 Å². The fourth-order valence-electron chi connectivity index (χ4n) is 5.68. The molecule has 1 amide bonds. The highest BCUT2D eigenvalue weighted by molar-refractivity contribution is 6.12. The zero-order chi connectivity index (χ0) is 28.9. The van der Waals surface area contributed by atoms with Gasteiger partial charge in [0.05, 0.1) is 5.56 Å². The second kappa shape index (κ2) is 12.7. The number of hydrogen-bond donors (Lipinski definition) is 3. The molecule has 0 bridgehead atoms. The van der Waals surface area contributed by atoms with Crippen molar-refractivity contribution in [1.82, 2.24) is 4.90 Å². The molecule has 0 atom stereocenters. The van der Waals surface area contributed by atoms with E-state index in [2.05, 4.69) is 33.2 Å². The highest BCUT2D eigenvalue weighted by atomic mass is 19.1. The summed E-state index contributed by atoms with van der Waals surface area (Å²) in [7, 11) is 2.13. The number of aliphatic imine (C=N–C) groups is 1. The van der Waals surface area contributed by atoms with Crippen molar-refractivity contribution in [3.63, 3.8) is 0 Å². The molecule has 0 radical (unpaired) electrons. The normalized spacial score (nSPS) is 17.0. The van der Waals surface area contributed by atoms with E-state index in [0.717, 1.165) is 62.0 Å². The number of nitrogens with two attached hydrogens (primary N) is 2. The fourth-order valence-corrected chi connectivity index (χ4v) is 5.68. The number of carbonyl (C=O) groups excluding carboxylic acids is 1. The number of likely N-dealkylation sites (N-methyl/N-ethyl adjacent to an activating group) is 1. The number of nitrogens with zero attached hydrogens (tertiary/aromatic N) is 3. The molecule has 1 heterocycles. The van der Waals surface area contributed by atoms with E-state index >= 15 is 0 Å². The Hall–Kier alpha value is -3.98. The van der Waals surface area contributed by atoms with Gasteiger partial charge >= 0.3 is 0 Å². The third kappa shape index (κ3) is 7.21. The maximum absolute atomic E-state index is 13.7. The number of carbonyl (C=O) groups is 1. The van der Waals surface area contributed by atoms with Gasteiger partial charge in [0.1, 0.15) is 17.5 Å². The lowest BCUT2D eigenvalue weighted by atomic mass is 9.95. The van der Waals surface area contributed by atoms with Gasteiger partial charge in [0, 0.05) is 60.9 Å². The van der Waals surface area contributed by atoms with E-state index in [1.165, 1.54) is 31.4 Å². The summed E-state index contributed by atoms with van der Waals surface area (Å²) in [4.78, 5) is 22.4. The number of rotatable bonds is 7. The number of amides is 1. The van der Waals surface area contributed by atoms with Crippen molar-refractivity contribution in [2.45, 2.75) is 44.6 Å². The lowest BCUT2D eigenvalue weighted by Crippen LogP contribution is -2.44. The maximum Gasteiger partial charge on any atom is 0.281 e. The summed E-state index contributed by atoms with van der Waals surface area (Å²) in [5, 5.41) is 3.63. The molecule has 216 valence electrons. The molecule has 0 spiro atoms. The van der Waals surface area contributed by atoms with Gasteiger partial charge < -0.3 is 26.6 Å². The Kier molecular flexibility index (Phi) is 8.83. The average molecular weight is 561 g/mol. The number of benzene rings is 3. The van der Waals surface area contributed by atoms with Crippen LogP contribution in [-0.2, 0) is 6.42 Å². The smallest absolute Gasteiger partial charge is 0.281 e. The molecule has 3 aromatic rings. The summed E-state index contributed by atoms with van der Waals surface area (Å²) in [6.07, 6.45) is 5.98. The molecule has 3 aromatic carbocycles. The summed E-state index contributed by atoms with van der Waals surface area (Å²) in [5.41, 5.74) is 16.8. The van der Waals surface area contributed by atoms with Gasteiger partial charge in [0.2, 0.25) is 0 Å². The summed E-state index contributed by atoms with van der Waals surface area (Å²) in [6, 6.07) is 14.7. The second-order valence-electron chi connectivity index (χ2n) is 11.2. The van der Waals surface area contributed by atoms with Crippen LogP contribution in [0.2, 0.25) is 0 Å². The first-order valence-corrected chi connectivity index (χ1v) is 14.3. The molecule has 5 N–H and O–H groups in total. The molecule has 2 aliphatic rings. The standard InChI is InChI=1S/C32H38F2N6O/c1-39-11-13-40(14-12-39)26-8-9-27(30(20-26)37-25-5-3-2-4-6-25)32(41)38-31(36)28-18-21(7-10-29(28)35)15-22-16-23(33)19-24(34)17-22/h7-10,16-20,25,37H,2-6,11-15,35H2,1H3,(H2,36,38,41). The van der Waals surface area contributed by atoms with Crippen LogP contribution in [0.3, 0.4) is 0 Å². The van der Waals surface area contributed by atoms with Crippen molar-refractivity contribution in [1.29, 1.82) is 0 Å². The SMILES string of the molecule is CN1CCN(c2ccc(C(=O)N=C(N)c3cc(Cc4cc(F)cc(F)c4)ccc3N)c(NC3CCCCC3)c2)CC1. The molecule has 1 saturated heterocycles. The molecule has 9 heteroatoms. The van der Waals surface area contributed by atoms with Gasteiger partial charge in [-0.2, -0.15) is 4.99 Å². The predicted octanol–water partition coefficient (Wildman–Crippen LogP) is 5.18. The highest BCUT2D eigenvalue weighted by Gasteiger charge is 2.21. The molecular formula is C32H38F2N6O. The first-order valence-electron chi connectivity index (χ1n) is 14.3. The lowest BCUT2D eigenvalue weighted by Gasteiger charge is -2.34. The minimum atomic E-state index is -0.640. The van der Waals surface area contributed by atoms with Crippen LogP contribution in [-0.4, -0.2) is 55.9 Å². The Morgan fingerprint density at radius 3 is 2.32 bits per heavy atom. The van der Waals surface area contributed by atoms with Crippen LogP contribution < -0.4 is 21.7 Å². The molecule has 1 saturated carbocycles. The van der Waals surface area contributed by atoms with Crippen molar-refractivity contribution >= 4 is 28.8 Å². The summed E-state index contributed by atoms with van der Waals surface area (Å²) in [6.45, 7) is 3.83. The Morgan fingerprint density at radius 1 is 0.902 bits per heavy atom. The summed E-state index contributed by atoms with van der Waals surface area (Å²) < 4.78 is 27.4. The van der Waals surface area contributed by atoms with Crippen LogP contribution in [0.4, 0.5) is 25.8 Å². The van der Waals surface area contributed by atoms with Crippen molar-refractivity contribution in [3.05, 3.63) is 88.5 Å². The molecule has 7 nitrogen and oxygen atoms in total. The molecule has 5 rings (SSSR count). The van der Waals surface area contributed by atoms with Gasteiger partial charge in [0.25, 0.3) is 5.91 Å². The van der Waals surface area contributed by atoms with Gasteiger partial charge in [-0.1, -0.05) is 25.3 Å². The Labute approximate surface area is 240 Å². The lowest BCUT2D eigenvalue weighted by molar-refractivity contribution is 0.100. The quantitative estimate of drug-likeness (QED) is 0.209. The minimum Gasteiger partial charge on any atom is -0.398 e. The fraction of sp³-hybridized carbons (Fsp3) is 0.375. The van der Waals surface area contributed by atoms with E-state index in [4.69, 9.17) is 11.5 Å². The number of anilines is 3. The minimum absolute atomic E-state index is 0.00784. The zero-order valence-corrected chi connectivity index (χ0v) is 23.5. The van der Waals surface area contributed by atoms with Gasteiger partial charge in [-0.05, 0) is 79.9 Å². The molecule has 0 unspecified atom stereocenters. The van der Waals surface area contributed by atoms with Crippen molar-refractivity contribution in [2.24, 2.45) is 10.7 Å². The third-order valence-corrected chi connectivity index (χ3v) is 8.01. The van der Waals surface area contributed by atoms with Gasteiger partial charge in [-0.3, -0.25) is 4.79 Å². The summed E-state index contributed by atoms with van der Waals surface area (Å²) in [5.74, 6) is -1.74. The van der Waals surface area contributed by atoms with Crippen molar-refractivity contribution in [2.75, 3.05) is 49.2 Å². The molecule has 1 aliphatic carbocycles. The van der Waals surface area contributed by atoms with E-state index in [1.807, 2.05) is 12.1 Å². The van der Waals surface area contributed by atoms with Crippen molar-refractivity contribution in [3.8, 4) is 0 Å². The topological polar surface area (TPSA) is 100.0 Å². The third-order valence-electron chi connectivity index (χ3n) is 8.01. The maximum atomic E-state index is 13.7. The van der Waals surface area contributed by atoms with Crippen LogP contribution in [0.25, 0.3) is 0 Å². The first-order chi connectivity index (χ1) is 19.7. The Bertz CT molecular complexity index is 1410. The Morgan fingerprint density at radius 2 is 1.61 bits per heavy atom. The molecule has 2 fully saturated rings. The summed E-state index contributed by atoms with van der Waals surface area (Å²) >= 11 is 0. The van der Waals surface area contributed by atoms with Crippen LogP contribution in [0, 0.1) is 11.6 Å². The average Bonchev–Trinajstić information content (AvgIpc) is 2.94. The number of nitrogen functional groups attached to an aromatic ring is 1. The zero-order valence-electron chi connectivity index (χ0n) is 23.5. The van der Waals surface area contributed by atoms with Crippen LogP contribution in [0.5, 0.6) is 0 Å². The van der Waals surface area contributed by atoms with Crippen molar-refractivity contribution < 1.29 is 13.6 Å². The van der Waals surface area contributed by atoms with E-state index < -0.39 is 17.5 Å². The Balaban J connectivity index is 1.41. The first kappa shape index (κ1) is 28.5. The van der Waals surface area contributed by atoms with Crippen LogP contribution >= 0.6 is 0 Å². The number of halogens is 2. The molecule has 41 heavy (non-hydrogen) atoms. The van der Waals surface area contributed by atoms with Gasteiger partial charge in [-0.25, -0.2) is 8.78 Å². The van der Waals surface area contributed by atoms with Crippen LogP contribution in [0.1, 0.15) is 59.2 Å². The van der Waals surface area contributed by atoms with E-state index in [0.29, 0.717) is 28.4 Å². The second-order valence-corrected chi connectivity index (χ2v) is 11.2. The number of piperazine rings is 1. The molecular weight excluding hydrogens is 522 g/mol. The highest BCUT2D eigenvalue weighted by Crippen LogP contribution is 2.29. The van der Waals surface area contributed by atoms with Gasteiger partial charge in [-0.15, -0.1) is 0 Å². The monoisotopic (exact) mass is 560 g/mol. The van der Waals surface area contributed by atoms with E-state index in [1.54, 1.807) is 18.2 Å². The number of amidine groups is 1. The molecule has 0 aromatic heterocycles. The number of nitrogens with one attached hydrogen (secondary N) is 1. The van der Waals surface area contributed by atoms with E-state index in [-0.39, 0.29) is 12.3 Å².